The highest BCUT2D eigenvalue weighted by atomic mass is 16.4. The zero-order chi connectivity index (χ0) is 30.1. The van der Waals surface area contributed by atoms with Gasteiger partial charge in [0.05, 0.1) is 5.52 Å². The number of hydrogen-bond donors (Lipinski definition) is 6. The van der Waals surface area contributed by atoms with Gasteiger partial charge in [-0.3, -0.25) is 24.0 Å². The number of H-pyrrole nitrogens is 1. The Hall–Kier alpha value is -4.67. The standard InChI is InChI=1S/C30H36N4O7/c1-17(2)13-24(33-26(36)5-4-6-28(38)39)30(41)34-25(15-19-7-10-21(35)11-8-19)29(40)31-20-9-12-22-18(3)14-27(37)32-23(22)16-20/h7-12,14,16-17,24-25,35H,4-6,13,15H2,1-3H3,(H,31,40)(H,32,37)(H,33,36)(H,34,41)(H,38,39)/t24-,25-/m0/s1. The molecule has 0 spiro atoms. The number of hydrogen-bond acceptors (Lipinski definition) is 6. The first-order valence-electron chi connectivity index (χ1n) is 13.4. The van der Waals surface area contributed by atoms with Crippen molar-refractivity contribution in [1.29, 1.82) is 0 Å². The summed E-state index contributed by atoms with van der Waals surface area (Å²) < 4.78 is 0. The molecule has 1 aromatic heterocycles. The number of benzene rings is 2. The van der Waals surface area contributed by atoms with E-state index in [-0.39, 0.29) is 42.9 Å². The number of anilines is 1. The second kappa shape index (κ2) is 14.1. The van der Waals surface area contributed by atoms with Crippen molar-refractivity contribution in [3.63, 3.8) is 0 Å². The Morgan fingerprint density at radius 1 is 0.902 bits per heavy atom. The molecule has 2 aromatic carbocycles. The summed E-state index contributed by atoms with van der Waals surface area (Å²) in [6, 6.07) is 10.9. The topological polar surface area (TPSA) is 178 Å². The monoisotopic (exact) mass is 564 g/mol. The lowest BCUT2D eigenvalue weighted by Gasteiger charge is -2.24. The first kappa shape index (κ1) is 30.9. The molecule has 0 fully saturated rings. The molecule has 3 rings (SSSR count). The van der Waals surface area contributed by atoms with Gasteiger partial charge in [0.2, 0.25) is 23.3 Å². The Labute approximate surface area is 237 Å². The molecular formula is C30H36N4O7. The number of carbonyl (C=O) groups is 4. The molecule has 0 radical (unpaired) electrons. The Balaban J connectivity index is 1.81. The molecule has 0 unspecified atom stereocenters. The van der Waals surface area contributed by atoms with Gasteiger partial charge in [0.15, 0.2) is 0 Å². The van der Waals surface area contributed by atoms with Gasteiger partial charge in [0.1, 0.15) is 17.8 Å². The first-order valence-corrected chi connectivity index (χ1v) is 13.4. The number of carbonyl (C=O) groups excluding carboxylic acids is 3. The summed E-state index contributed by atoms with van der Waals surface area (Å²) in [5.74, 6) is -2.43. The minimum atomic E-state index is -1.04. The predicted octanol–water partition coefficient (Wildman–Crippen LogP) is 2.99. The van der Waals surface area contributed by atoms with Crippen LogP contribution in [0, 0.1) is 12.8 Å². The minimum Gasteiger partial charge on any atom is -0.508 e. The van der Waals surface area contributed by atoms with Gasteiger partial charge >= 0.3 is 5.97 Å². The van der Waals surface area contributed by atoms with Crippen molar-refractivity contribution in [1.82, 2.24) is 15.6 Å². The second-order valence-corrected chi connectivity index (χ2v) is 10.5. The van der Waals surface area contributed by atoms with Crippen LogP contribution in [0.1, 0.15) is 50.7 Å². The van der Waals surface area contributed by atoms with Crippen LogP contribution in [0.15, 0.2) is 53.3 Å². The van der Waals surface area contributed by atoms with E-state index >= 15 is 0 Å². The molecule has 0 aliphatic carbocycles. The van der Waals surface area contributed by atoms with Gasteiger partial charge in [-0.1, -0.05) is 32.0 Å². The smallest absolute Gasteiger partial charge is 0.303 e. The van der Waals surface area contributed by atoms with Gasteiger partial charge in [-0.2, -0.15) is 0 Å². The molecule has 0 aliphatic rings. The number of fused-ring (bicyclic) bond motifs is 1. The summed E-state index contributed by atoms with van der Waals surface area (Å²) >= 11 is 0. The summed E-state index contributed by atoms with van der Waals surface area (Å²) in [4.78, 5) is 64.8. The number of aryl methyl sites for hydroxylation is 1. The summed E-state index contributed by atoms with van der Waals surface area (Å²) in [5.41, 5.74) is 2.17. The minimum absolute atomic E-state index is 0.0395. The predicted molar refractivity (Wildman–Crippen MR) is 155 cm³/mol. The van der Waals surface area contributed by atoms with E-state index in [0.717, 1.165) is 10.9 Å². The Bertz CT molecular complexity index is 1460. The lowest BCUT2D eigenvalue weighted by molar-refractivity contribution is -0.137. The van der Waals surface area contributed by atoms with Crippen molar-refractivity contribution in [2.45, 2.75) is 65.0 Å². The van der Waals surface area contributed by atoms with Crippen LogP contribution in [0.25, 0.3) is 10.9 Å². The molecule has 0 saturated carbocycles. The van der Waals surface area contributed by atoms with Gasteiger partial charge in [-0.25, -0.2) is 0 Å². The number of phenols is 1. The summed E-state index contributed by atoms with van der Waals surface area (Å²) in [7, 11) is 0. The van der Waals surface area contributed by atoms with E-state index in [1.807, 2.05) is 20.8 Å². The van der Waals surface area contributed by atoms with Crippen LogP contribution in [0.2, 0.25) is 0 Å². The van der Waals surface area contributed by atoms with Crippen LogP contribution >= 0.6 is 0 Å². The van der Waals surface area contributed by atoms with E-state index in [9.17, 15) is 29.1 Å². The van der Waals surface area contributed by atoms with Crippen molar-refractivity contribution in [3.8, 4) is 5.75 Å². The van der Waals surface area contributed by atoms with Crippen molar-refractivity contribution >= 4 is 40.3 Å². The molecular weight excluding hydrogens is 528 g/mol. The molecule has 11 heteroatoms. The maximum absolute atomic E-state index is 13.5. The lowest BCUT2D eigenvalue weighted by Crippen LogP contribution is -2.53. The number of rotatable bonds is 13. The number of aromatic hydroxyl groups is 1. The van der Waals surface area contributed by atoms with E-state index < -0.39 is 35.8 Å². The van der Waals surface area contributed by atoms with Gasteiger partial charge in [0.25, 0.3) is 0 Å². The maximum atomic E-state index is 13.5. The van der Waals surface area contributed by atoms with Crippen LogP contribution in [0.4, 0.5) is 5.69 Å². The number of aliphatic carboxylic acids is 1. The molecule has 218 valence electrons. The van der Waals surface area contributed by atoms with Crippen molar-refractivity contribution in [2.75, 3.05) is 5.32 Å². The fraction of sp³-hybridized carbons (Fsp3) is 0.367. The normalized spacial score (nSPS) is 12.5. The second-order valence-electron chi connectivity index (χ2n) is 10.5. The number of phenolic OH excluding ortho intramolecular Hbond substituents is 1. The van der Waals surface area contributed by atoms with E-state index in [2.05, 4.69) is 20.9 Å². The van der Waals surface area contributed by atoms with Gasteiger partial charge in [0, 0.05) is 36.4 Å². The number of carboxylic acid groups (broad SMARTS) is 1. The summed E-state index contributed by atoms with van der Waals surface area (Å²) in [6.07, 6.45) is 0.337. The quantitative estimate of drug-likeness (QED) is 0.185. The number of carboxylic acids is 1. The fourth-order valence-electron chi connectivity index (χ4n) is 4.46. The van der Waals surface area contributed by atoms with E-state index in [1.54, 1.807) is 30.3 Å². The Kier molecular flexibility index (Phi) is 10.6. The average molecular weight is 565 g/mol. The summed E-state index contributed by atoms with van der Waals surface area (Å²) in [6.45, 7) is 5.60. The Morgan fingerprint density at radius 2 is 1.61 bits per heavy atom. The zero-order valence-corrected chi connectivity index (χ0v) is 23.3. The number of aromatic nitrogens is 1. The number of amides is 3. The van der Waals surface area contributed by atoms with Gasteiger partial charge in [-0.05, 0) is 61.1 Å². The number of aromatic amines is 1. The largest absolute Gasteiger partial charge is 0.508 e. The highest BCUT2D eigenvalue weighted by molar-refractivity contribution is 6.00. The molecule has 6 N–H and O–H groups in total. The molecule has 3 aromatic rings. The average Bonchev–Trinajstić information content (AvgIpc) is 2.88. The van der Waals surface area contributed by atoms with Gasteiger partial charge < -0.3 is 31.1 Å². The van der Waals surface area contributed by atoms with Crippen LogP contribution in [-0.2, 0) is 25.6 Å². The maximum Gasteiger partial charge on any atom is 0.303 e. The third kappa shape index (κ3) is 9.48. The Morgan fingerprint density at radius 3 is 2.27 bits per heavy atom. The highest BCUT2D eigenvalue weighted by Gasteiger charge is 2.28. The fourth-order valence-corrected chi connectivity index (χ4v) is 4.46. The molecule has 0 aliphatic heterocycles. The first-order chi connectivity index (χ1) is 19.4. The SMILES string of the molecule is Cc1cc(=O)[nH]c2cc(NC(=O)[C@H](Cc3ccc(O)cc3)NC(=O)[C@H](CC(C)C)NC(=O)CCCC(=O)O)ccc12. The third-order valence-electron chi connectivity index (χ3n) is 6.48. The van der Waals surface area contributed by atoms with Gasteiger partial charge in [-0.15, -0.1) is 0 Å². The molecule has 2 atom stereocenters. The van der Waals surface area contributed by atoms with Crippen LogP contribution in [0.5, 0.6) is 5.75 Å². The lowest BCUT2D eigenvalue weighted by atomic mass is 10.0. The van der Waals surface area contributed by atoms with Crippen LogP contribution < -0.4 is 21.5 Å². The van der Waals surface area contributed by atoms with Crippen molar-refractivity contribution in [3.05, 3.63) is 70.0 Å². The molecule has 41 heavy (non-hydrogen) atoms. The third-order valence-corrected chi connectivity index (χ3v) is 6.48. The number of pyridine rings is 1. The van der Waals surface area contributed by atoms with Crippen LogP contribution in [-0.4, -0.2) is 51.0 Å². The van der Waals surface area contributed by atoms with E-state index in [0.29, 0.717) is 23.2 Å². The van der Waals surface area contributed by atoms with E-state index in [4.69, 9.17) is 5.11 Å². The van der Waals surface area contributed by atoms with E-state index in [1.165, 1.54) is 18.2 Å². The molecule has 0 saturated heterocycles. The zero-order valence-electron chi connectivity index (χ0n) is 23.3. The van der Waals surface area contributed by atoms with Crippen molar-refractivity contribution < 1.29 is 29.4 Å². The molecule has 1 heterocycles. The molecule has 11 nitrogen and oxygen atoms in total. The number of nitrogens with one attached hydrogen (secondary N) is 4. The summed E-state index contributed by atoms with van der Waals surface area (Å²) in [5, 5.41) is 27.5. The van der Waals surface area contributed by atoms with Crippen LogP contribution in [0.3, 0.4) is 0 Å². The highest BCUT2D eigenvalue weighted by Crippen LogP contribution is 2.20. The molecule has 0 bridgehead atoms. The van der Waals surface area contributed by atoms with Crippen molar-refractivity contribution in [2.24, 2.45) is 5.92 Å². The molecule has 3 amide bonds.